The third kappa shape index (κ3) is 2.38. The van der Waals surface area contributed by atoms with Gasteiger partial charge >= 0.3 is 6.09 Å². The minimum absolute atomic E-state index is 0.196. The van der Waals surface area contributed by atoms with E-state index in [1.165, 1.54) is 6.20 Å². The molecule has 1 aliphatic heterocycles. The van der Waals surface area contributed by atoms with E-state index in [0.29, 0.717) is 24.4 Å². The van der Waals surface area contributed by atoms with E-state index < -0.39 is 6.09 Å². The molecule has 0 radical (unpaired) electrons. The highest BCUT2D eigenvalue weighted by molar-refractivity contribution is 5.93. The summed E-state index contributed by atoms with van der Waals surface area (Å²) in [6, 6.07) is 0. The number of amides is 2. The van der Waals surface area contributed by atoms with Crippen LogP contribution in [-0.2, 0) is 0 Å². The van der Waals surface area contributed by atoms with Crippen LogP contribution >= 0.6 is 0 Å². The normalized spacial score (nSPS) is 25.8. The summed E-state index contributed by atoms with van der Waals surface area (Å²) in [6.45, 7) is 1.09. The van der Waals surface area contributed by atoms with Crippen LogP contribution in [0.25, 0.3) is 5.78 Å². The first-order chi connectivity index (χ1) is 11.6. The third-order valence-electron chi connectivity index (χ3n) is 5.23. The maximum absolute atomic E-state index is 12.3. The number of rotatable bonds is 3. The standard InChI is InChI=1S/C16H19N5O3/c22-13(11-8-19-14-17-4-6-20(14)10-11)18-9-12-7-16(12)3-1-2-5-21(16)15(23)24/h4,6,8,10,12H,1-3,5,7,9H2,(H,18,22)(H,23,24). The summed E-state index contributed by atoms with van der Waals surface area (Å²) in [4.78, 5) is 33.5. The van der Waals surface area contributed by atoms with Gasteiger partial charge in [0.2, 0.25) is 5.78 Å². The monoisotopic (exact) mass is 329 g/mol. The van der Waals surface area contributed by atoms with E-state index in [0.717, 1.165) is 25.7 Å². The van der Waals surface area contributed by atoms with Gasteiger partial charge < -0.3 is 15.3 Å². The van der Waals surface area contributed by atoms with Crippen LogP contribution in [0.15, 0.2) is 24.8 Å². The van der Waals surface area contributed by atoms with Gasteiger partial charge in [-0.25, -0.2) is 14.8 Å². The summed E-state index contributed by atoms with van der Waals surface area (Å²) in [5.41, 5.74) is 0.207. The van der Waals surface area contributed by atoms with Gasteiger partial charge in [0.05, 0.1) is 11.1 Å². The van der Waals surface area contributed by atoms with Crippen LogP contribution in [0.5, 0.6) is 0 Å². The SMILES string of the molecule is O=C(NCC1CC12CCCCN2C(=O)O)c1cnc2nccn2c1. The number of aromatic nitrogens is 3. The summed E-state index contributed by atoms with van der Waals surface area (Å²) >= 11 is 0. The number of carbonyl (C=O) groups excluding carboxylic acids is 1. The molecule has 2 aliphatic rings. The average molecular weight is 329 g/mol. The number of hydrogen-bond donors (Lipinski definition) is 2. The Labute approximate surface area is 138 Å². The second kappa shape index (κ2) is 5.47. The zero-order chi connectivity index (χ0) is 16.7. The predicted octanol–water partition coefficient (Wildman–Crippen LogP) is 1.38. The first kappa shape index (κ1) is 14.9. The van der Waals surface area contributed by atoms with Crippen molar-refractivity contribution in [1.29, 1.82) is 0 Å². The van der Waals surface area contributed by atoms with Crippen molar-refractivity contribution in [3.8, 4) is 0 Å². The largest absolute Gasteiger partial charge is 0.465 e. The number of nitrogens with one attached hydrogen (secondary N) is 1. The minimum atomic E-state index is -0.849. The molecule has 4 rings (SSSR count). The van der Waals surface area contributed by atoms with Crippen LogP contribution in [-0.4, -0.2) is 55.0 Å². The van der Waals surface area contributed by atoms with Crippen LogP contribution in [0.1, 0.15) is 36.0 Å². The van der Waals surface area contributed by atoms with Crippen molar-refractivity contribution in [1.82, 2.24) is 24.6 Å². The van der Waals surface area contributed by atoms with Gasteiger partial charge in [0.25, 0.3) is 5.91 Å². The van der Waals surface area contributed by atoms with Crippen molar-refractivity contribution in [2.24, 2.45) is 5.92 Å². The Morgan fingerprint density at radius 2 is 2.25 bits per heavy atom. The lowest BCUT2D eigenvalue weighted by molar-refractivity contribution is 0.0882. The average Bonchev–Trinajstić information content (AvgIpc) is 3.05. The van der Waals surface area contributed by atoms with Crippen LogP contribution in [0.3, 0.4) is 0 Å². The van der Waals surface area contributed by atoms with Crippen molar-refractivity contribution in [3.05, 3.63) is 30.4 Å². The molecule has 1 saturated heterocycles. The van der Waals surface area contributed by atoms with Gasteiger partial charge in [0, 0.05) is 43.8 Å². The Bertz CT molecular complexity index is 804. The fourth-order valence-corrected chi connectivity index (χ4v) is 3.86. The van der Waals surface area contributed by atoms with Gasteiger partial charge in [-0.15, -0.1) is 0 Å². The predicted molar refractivity (Wildman–Crippen MR) is 84.7 cm³/mol. The lowest BCUT2D eigenvalue weighted by Crippen LogP contribution is -2.47. The zero-order valence-electron chi connectivity index (χ0n) is 13.2. The maximum atomic E-state index is 12.3. The summed E-state index contributed by atoms with van der Waals surface area (Å²) in [5.74, 6) is 0.549. The number of hydrogen-bond acceptors (Lipinski definition) is 4. The number of carbonyl (C=O) groups is 2. The zero-order valence-corrected chi connectivity index (χ0v) is 13.2. The fraction of sp³-hybridized carbons (Fsp3) is 0.500. The van der Waals surface area contributed by atoms with Crippen molar-refractivity contribution in [3.63, 3.8) is 0 Å². The highest BCUT2D eigenvalue weighted by atomic mass is 16.4. The Morgan fingerprint density at radius 3 is 3.08 bits per heavy atom. The lowest BCUT2D eigenvalue weighted by atomic mass is 9.98. The van der Waals surface area contributed by atoms with Crippen molar-refractivity contribution in [2.45, 2.75) is 31.2 Å². The Morgan fingerprint density at radius 1 is 1.38 bits per heavy atom. The number of imidazole rings is 1. The van der Waals surface area contributed by atoms with E-state index in [-0.39, 0.29) is 17.4 Å². The van der Waals surface area contributed by atoms with Gasteiger partial charge in [-0.05, 0) is 25.7 Å². The van der Waals surface area contributed by atoms with E-state index in [1.54, 1.807) is 27.9 Å². The lowest BCUT2D eigenvalue weighted by Gasteiger charge is -2.35. The number of carboxylic acid groups (broad SMARTS) is 1. The summed E-state index contributed by atoms with van der Waals surface area (Å²) in [6.07, 6.45) is 9.41. The van der Waals surface area contributed by atoms with Crippen LogP contribution in [0.4, 0.5) is 4.79 Å². The number of nitrogens with zero attached hydrogens (tertiary/aromatic N) is 4. The molecule has 0 bridgehead atoms. The molecule has 2 fully saturated rings. The molecule has 8 nitrogen and oxygen atoms in total. The second-order valence-corrected chi connectivity index (χ2v) is 6.58. The van der Waals surface area contributed by atoms with Crippen LogP contribution in [0.2, 0.25) is 0 Å². The quantitative estimate of drug-likeness (QED) is 0.886. The molecule has 1 spiro atoms. The number of likely N-dealkylation sites (tertiary alicyclic amines) is 1. The van der Waals surface area contributed by atoms with Crippen molar-refractivity contribution < 1.29 is 14.7 Å². The van der Waals surface area contributed by atoms with E-state index in [4.69, 9.17) is 0 Å². The molecule has 8 heteroatoms. The Hall–Kier alpha value is -2.64. The van der Waals surface area contributed by atoms with E-state index in [9.17, 15) is 14.7 Å². The van der Waals surface area contributed by atoms with Crippen molar-refractivity contribution >= 4 is 17.8 Å². The molecule has 2 aromatic heterocycles. The molecular weight excluding hydrogens is 310 g/mol. The smallest absolute Gasteiger partial charge is 0.407 e. The van der Waals surface area contributed by atoms with Gasteiger partial charge in [-0.1, -0.05) is 0 Å². The van der Waals surface area contributed by atoms with Crippen molar-refractivity contribution in [2.75, 3.05) is 13.1 Å². The Balaban J connectivity index is 1.40. The summed E-state index contributed by atoms with van der Waals surface area (Å²) in [5, 5.41) is 12.3. The minimum Gasteiger partial charge on any atom is -0.465 e. The molecule has 2 N–H and O–H groups in total. The molecule has 3 heterocycles. The topological polar surface area (TPSA) is 99.8 Å². The highest BCUT2D eigenvalue weighted by Gasteiger charge is 2.60. The molecule has 2 aromatic rings. The van der Waals surface area contributed by atoms with Gasteiger partial charge in [-0.2, -0.15) is 0 Å². The maximum Gasteiger partial charge on any atom is 0.407 e. The summed E-state index contributed by atoms with van der Waals surface area (Å²) in [7, 11) is 0. The van der Waals surface area contributed by atoms with Gasteiger partial charge in [0.1, 0.15) is 0 Å². The highest BCUT2D eigenvalue weighted by Crippen LogP contribution is 2.53. The molecule has 1 aliphatic carbocycles. The number of piperidine rings is 1. The number of fused-ring (bicyclic) bond motifs is 1. The van der Waals surface area contributed by atoms with Gasteiger partial charge in [0.15, 0.2) is 0 Å². The molecule has 24 heavy (non-hydrogen) atoms. The third-order valence-corrected chi connectivity index (χ3v) is 5.23. The van der Waals surface area contributed by atoms with Crippen LogP contribution < -0.4 is 5.32 Å². The molecule has 2 unspecified atom stereocenters. The molecular formula is C16H19N5O3. The van der Waals surface area contributed by atoms with E-state index in [2.05, 4.69) is 15.3 Å². The Kier molecular flexibility index (Phi) is 3.40. The molecule has 2 amide bonds. The second-order valence-electron chi connectivity index (χ2n) is 6.58. The molecule has 0 aromatic carbocycles. The summed E-state index contributed by atoms with van der Waals surface area (Å²) < 4.78 is 1.70. The molecule has 1 saturated carbocycles. The molecule has 126 valence electrons. The van der Waals surface area contributed by atoms with Gasteiger partial charge in [-0.3, -0.25) is 9.20 Å². The fourth-order valence-electron chi connectivity index (χ4n) is 3.86. The first-order valence-electron chi connectivity index (χ1n) is 8.18. The van der Waals surface area contributed by atoms with E-state index in [1.807, 2.05) is 0 Å². The first-order valence-corrected chi connectivity index (χ1v) is 8.18. The van der Waals surface area contributed by atoms with E-state index >= 15 is 0 Å². The van der Waals surface area contributed by atoms with Crippen LogP contribution in [0, 0.1) is 5.92 Å². The molecule has 2 atom stereocenters.